The molecule has 0 heterocycles. The normalized spacial score (nSPS) is 23.1. The van der Waals surface area contributed by atoms with Crippen molar-refractivity contribution in [3.8, 4) is 5.75 Å². The summed E-state index contributed by atoms with van der Waals surface area (Å²) in [6, 6.07) is 3.52. The SMILES string of the molecule is CC1(C)C(C=C(Cl)Cl)C1Cc1ccc(F)c(OC(F)(F)F)c1. The van der Waals surface area contributed by atoms with Crippen LogP contribution in [-0.2, 0) is 6.42 Å². The van der Waals surface area contributed by atoms with Gasteiger partial charge in [0.15, 0.2) is 11.6 Å². The molecule has 1 aliphatic carbocycles. The van der Waals surface area contributed by atoms with Crippen molar-refractivity contribution >= 4 is 23.2 Å². The van der Waals surface area contributed by atoms with Crippen LogP contribution in [0.4, 0.5) is 17.6 Å². The largest absolute Gasteiger partial charge is 0.573 e. The Bertz CT molecular complexity index is 592. The van der Waals surface area contributed by atoms with Gasteiger partial charge < -0.3 is 4.74 Å². The van der Waals surface area contributed by atoms with Gasteiger partial charge >= 0.3 is 6.36 Å². The van der Waals surface area contributed by atoms with Crippen molar-refractivity contribution in [2.45, 2.75) is 26.6 Å². The third-order valence-corrected chi connectivity index (χ3v) is 4.37. The zero-order valence-corrected chi connectivity index (χ0v) is 13.4. The molecule has 7 heteroatoms. The Morgan fingerprint density at radius 2 is 1.95 bits per heavy atom. The van der Waals surface area contributed by atoms with Crippen LogP contribution < -0.4 is 4.74 Å². The van der Waals surface area contributed by atoms with Gasteiger partial charge in [-0.3, -0.25) is 0 Å². The summed E-state index contributed by atoms with van der Waals surface area (Å²) >= 11 is 11.3. The van der Waals surface area contributed by atoms with Crippen molar-refractivity contribution in [3.05, 3.63) is 40.1 Å². The van der Waals surface area contributed by atoms with Crippen LogP contribution in [0.15, 0.2) is 28.8 Å². The van der Waals surface area contributed by atoms with Crippen LogP contribution >= 0.6 is 23.2 Å². The summed E-state index contributed by atoms with van der Waals surface area (Å²) in [6.45, 7) is 4.04. The molecule has 1 saturated carbocycles. The number of halogens is 6. The fraction of sp³-hybridized carbons (Fsp3) is 0.467. The van der Waals surface area contributed by atoms with Crippen molar-refractivity contribution in [1.82, 2.24) is 0 Å². The molecule has 1 aromatic carbocycles. The van der Waals surface area contributed by atoms with E-state index in [2.05, 4.69) is 4.74 Å². The first-order valence-electron chi connectivity index (χ1n) is 6.57. The number of hydrogen-bond donors (Lipinski definition) is 0. The molecule has 1 nitrogen and oxygen atoms in total. The molecule has 0 spiro atoms. The number of ether oxygens (including phenoxy) is 1. The standard InChI is InChI=1S/C15H14Cl2F4O/c1-14(2)9(10(14)7-13(16)17)5-8-3-4-11(18)12(6-8)22-15(19,20)21/h3-4,6-7,9-10H,5H2,1-2H3. The quantitative estimate of drug-likeness (QED) is 0.614. The zero-order chi connectivity index (χ0) is 16.7. The molecule has 2 unspecified atom stereocenters. The monoisotopic (exact) mass is 356 g/mol. The molecular weight excluding hydrogens is 343 g/mol. The molecule has 0 aliphatic heterocycles. The lowest BCUT2D eigenvalue weighted by atomic mass is 10.0. The van der Waals surface area contributed by atoms with Crippen molar-refractivity contribution in [2.24, 2.45) is 17.3 Å². The van der Waals surface area contributed by atoms with E-state index >= 15 is 0 Å². The lowest BCUT2D eigenvalue weighted by molar-refractivity contribution is -0.275. The minimum absolute atomic E-state index is 0.0610. The van der Waals surface area contributed by atoms with Gasteiger partial charge in [-0.2, -0.15) is 0 Å². The van der Waals surface area contributed by atoms with Gasteiger partial charge in [-0.25, -0.2) is 4.39 Å². The molecule has 22 heavy (non-hydrogen) atoms. The van der Waals surface area contributed by atoms with Gasteiger partial charge in [0.1, 0.15) is 4.49 Å². The summed E-state index contributed by atoms with van der Waals surface area (Å²) in [6.07, 6.45) is -2.70. The number of benzene rings is 1. The summed E-state index contributed by atoms with van der Waals surface area (Å²) in [5.74, 6) is -1.55. The predicted molar refractivity (Wildman–Crippen MR) is 77.3 cm³/mol. The molecule has 0 aromatic heterocycles. The Hall–Kier alpha value is -0.940. The van der Waals surface area contributed by atoms with Gasteiger partial charge in [0, 0.05) is 0 Å². The Kier molecular flexibility index (Phi) is 4.69. The van der Waals surface area contributed by atoms with Gasteiger partial charge in [-0.15, -0.1) is 13.2 Å². The third kappa shape index (κ3) is 4.07. The van der Waals surface area contributed by atoms with Gasteiger partial charge in [0.05, 0.1) is 0 Å². The topological polar surface area (TPSA) is 9.23 Å². The number of rotatable bonds is 4. The maximum atomic E-state index is 13.4. The van der Waals surface area contributed by atoms with E-state index < -0.39 is 17.9 Å². The fourth-order valence-corrected chi connectivity index (χ4v) is 3.05. The molecule has 0 N–H and O–H groups in total. The predicted octanol–water partition coefficient (Wildman–Crippen LogP) is 5.86. The first-order chi connectivity index (χ1) is 10.0. The summed E-state index contributed by atoms with van der Waals surface area (Å²) in [5, 5.41) is 0. The maximum Gasteiger partial charge on any atom is 0.573 e. The summed E-state index contributed by atoms with van der Waals surface area (Å²) in [5.41, 5.74) is 0.509. The van der Waals surface area contributed by atoms with E-state index in [1.807, 2.05) is 13.8 Å². The smallest absolute Gasteiger partial charge is 0.403 e. The van der Waals surface area contributed by atoms with Crippen LogP contribution in [0.3, 0.4) is 0 Å². The number of hydrogen-bond acceptors (Lipinski definition) is 1. The summed E-state index contributed by atoms with van der Waals surface area (Å²) in [4.78, 5) is 0. The number of alkyl halides is 3. The molecule has 1 aromatic rings. The highest BCUT2D eigenvalue weighted by molar-refractivity contribution is 6.55. The van der Waals surface area contributed by atoms with Gasteiger partial charge in [0.2, 0.25) is 0 Å². The van der Waals surface area contributed by atoms with Crippen LogP contribution in [0.2, 0.25) is 0 Å². The van der Waals surface area contributed by atoms with E-state index in [-0.39, 0.29) is 21.7 Å². The highest BCUT2D eigenvalue weighted by Gasteiger charge is 2.55. The minimum atomic E-state index is -4.92. The Labute approximate surface area is 135 Å². The highest BCUT2D eigenvalue weighted by atomic mass is 35.5. The maximum absolute atomic E-state index is 13.4. The average molecular weight is 357 g/mol. The lowest BCUT2D eigenvalue weighted by Crippen LogP contribution is -2.18. The van der Waals surface area contributed by atoms with Crippen molar-refractivity contribution in [2.75, 3.05) is 0 Å². The first-order valence-corrected chi connectivity index (χ1v) is 7.33. The van der Waals surface area contributed by atoms with Crippen LogP contribution in [0.5, 0.6) is 5.75 Å². The minimum Gasteiger partial charge on any atom is -0.403 e. The van der Waals surface area contributed by atoms with Crippen molar-refractivity contribution in [3.63, 3.8) is 0 Å². The van der Waals surface area contributed by atoms with E-state index in [0.717, 1.165) is 12.1 Å². The second kappa shape index (κ2) is 5.93. The molecule has 0 bridgehead atoms. The lowest BCUT2D eigenvalue weighted by Gasteiger charge is -2.11. The second-order valence-electron chi connectivity index (χ2n) is 5.93. The van der Waals surface area contributed by atoms with E-state index in [4.69, 9.17) is 23.2 Å². The zero-order valence-electron chi connectivity index (χ0n) is 11.8. The molecule has 0 saturated heterocycles. The molecule has 0 radical (unpaired) electrons. The van der Waals surface area contributed by atoms with Crippen LogP contribution in [-0.4, -0.2) is 6.36 Å². The van der Waals surface area contributed by atoms with Crippen molar-refractivity contribution in [1.29, 1.82) is 0 Å². The number of allylic oxidation sites excluding steroid dienone is 1. The highest BCUT2D eigenvalue weighted by Crippen LogP contribution is 2.61. The average Bonchev–Trinajstić information content (AvgIpc) is 2.82. The Morgan fingerprint density at radius 3 is 2.50 bits per heavy atom. The molecule has 1 aliphatic rings. The Balaban J connectivity index is 2.15. The molecule has 2 rings (SSSR count). The summed E-state index contributed by atoms with van der Waals surface area (Å²) in [7, 11) is 0. The summed E-state index contributed by atoms with van der Waals surface area (Å²) < 4.78 is 53.9. The van der Waals surface area contributed by atoms with Gasteiger partial charge in [-0.05, 0) is 41.4 Å². The second-order valence-corrected chi connectivity index (χ2v) is 6.93. The van der Waals surface area contributed by atoms with Gasteiger partial charge in [0.25, 0.3) is 0 Å². The molecule has 1 fully saturated rings. The van der Waals surface area contributed by atoms with E-state index in [0.29, 0.717) is 12.0 Å². The van der Waals surface area contributed by atoms with Crippen LogP contribution in [0, 0.1) is 23.1 Å². The van der Waals surface area contributed by atoms with Gasteiger partial charge in [-0.1, -0.05) is 49.2 Å². The molecule has 122 valence electrons. The van der Waals surface area contributed by atoms with E-state index in [1.165, 1.54) is 6.07 Å². The molecular formula is C15H14Cl2F4O. The van der Waals surface area contributed by atoms with E-state index in [9.17, 15) is 17.6 Å². The van der Waals surface area contributed by atoms with Crippen molar-refractivity contribution < 1.29 is 22.3 Å². The fourth-order valence-electron chi connectivity index (χ4n) is 2.77. The third-order valence-electron chi connectivity index (χ3n) is 4.12. The molecule has 0 amide bonds. The molecule has 2 atom stereocenters. The Morgan fingerprint density at radius 1 is 1.32 bits per heavy atom. The van der Waals surface area contributed by atoms with Crippen LogP contribution in [0.25, 0.3) is 0 Å². The van der Waals surface area contributed by atoms with E-state index in [1.54, 1.807) is 6.08 Å². The van der Waals surface area contributed by atoms with Crippen LogP contribution in [0.1, 0.15) is 19.4 Å². The first kappa shape index (κ1) is 17.4.